The van der Waals surface area contributed by atoms with E-state index >= 15 is 0 Å². The van der Waals surface area contributed by atoms with Crippen LogP contribution in [0.3, 0.4) is 0 Å². The summed E-state index contributed by atoms with van der Waals surface area (Å²) in [5, 5.41) is 8.25. The van der Waals surface area contributed by atoms with Gasteiger partial charge in [-0.15, -0.1) is 0 Å². The summed E-state index contributed by atoms with van der Waals surface area (Å²) >= 11 is 0. The van der Waals surface area contributed by atoms with Gasteiger partial charge in [-0.1, -0.05) is 12.1 Å². The van der Waals surface area contributed by atoms with Crippen molar-refractivity contribution in [3.63, 3.8) is 0 Å². The Morgan fingerprint density at radius 2 is 1.92 bits per heavy atom. The van der Waals surface area contributed by atoms with Crippen molar-refractivity contribution in [1.82, 2.24) is 40.0 Å². The van der Waals surface area contributed by atoms with Crippen LogP contribution in [0.25, 0.3) is 56.0 Å². The fourth-order valence-corrected chi connectivity index (χ4v) is 5.09. The van der Waals surface area contributed by atoms with E-state index in [0.29, 0.717) is 47.0 Å². The lowest BCUT2D eigenvalue weighted by Gasteiger charge is -2.15. The maximum absolute atomic E-state index is 13.9. The molecule has 0 saturated carbocycles. The monoisotopic (exact) mass is 526 g/mol. The number of hydrogen-bond acceptors (Lipinski definition) is 6. The number of nitrogens with one attached hydrogen (secondary N) is 2. The minimum atomic E-state index is -2.64. The Bertz CT molecular complexity index is 1840. The summed E-state index contributed by atoms with van der Waals surface area (Å²) in [5.74, 6) is -2.46. The maximum atomic E-state index is 13.9. The summed E-state index contributed by atoms with van der Waals surface area (Å²) in [6.45, 7) is 0.509. The molecule has 6 heterocycles. The SMILES string of the molecule is Fc1cccc(-c2ccnc3nc(-c4n[nH]c5cnc(-c6cncc(CN7CCC(F)(F)C7)c6)cc45)[nH]c23)c1. The molecule has 0 bridgehead atoms. The molecule has 0 amide bonds. The minimum absolute atomic E-state index is 0.122. The second-order valence-electron chi connectivity index (χ2n) is 9.74. The van der Waals surface area contributed by atoms with Crippen molar-refractivity contribution < 1.29 is 13.2 Å². The first kappa shape index (κ1) is 23.5. The van der Waals surface area contributed by atoms with Crippen molar-refractivity contribution in [2.24, 2.45) is 0 Å². The van der Waals surface area contributed by atoms with Crippen LogP contribution in [0.1, 0.15) is 12.0 Å². The number of aromatic amines is 2. The van der Waals surface area contributed by atoms with E-state index in [-0.39, 0.29) is 18.8 Å². The summed E-state index contributed by atoms with van der Waals surface area (Å²) in [6.07, 6.45) is 6.60. The molecule has 5 aromatic heterocycles. The van der Waals surface area contributed by atoms with Crippen molar-refractivity contribution >= 4 is 22.1 Å². The summed E-state index contributed by atoms with van der Waals surface area (Å²) in [7, 11) is 0. The van der Waals surface area contributed by atoms with Gasteiger partial charge < -0.3 is 4.98 Å². The highest BCUT2D eigenvalue weighted by Gasteiger charge is 2.37. The van der Waals surface area contributed by atoms with Gasteiger partial charge in [0.05, 0.1) is 29.5 Å². The molecule has 0 aliphatic carbocycles. The number of fused-ring (bicyclic) bond motifs is 2. The zero-order chi connectivity index (χ0) is 26.6. The number of halogens is 3. The van der Waals surface area contributed by atoms with E-state index in [1.165, 1.54) is 12.1 Å². The van der Waals surface area contributed by atoms with Crippen molar-refractivity contribution in [2.75, 3.05) is 13.1 Å². The fraction of sp³-hybridized carbons (Fsp3) is 0.179. The molecule has 194 valence electrons. The number of hydrogen-bond donors (Lipinski definition) is 2. The van der Waals surface area contributed by atoms with Gasteiger partial charge >= 0.3 is 0 Å². The molecule has 0 radical (unpaired) electrons. The normalized spacial score (nSPS) is 15.5. The Hall–Kier alpha value is -4.64. The summed E-state index contributed by atoms with van der Waals surface area (Å²) in [5.41, 5.74) is 6.23. The van der Waals surface area contributed by atoms with Gasteiger partial charge in [0.1, 0.15) is 11.5 Å². The van der Waals surface area contributed by atoms with E-state index in [1.807, 2.05) is 24.3 Å². The first-order chi connectivity index (χ1) is 18.9. The average molecular weight is 527 g/mol. The quantitative estimate of drug-likeness (QED) is 0.303. The highest BCUT2D eigenvalue weighted by molar-refractivity contribution is 5.96. The van der Waals surface area contributed by atoms with Crippen LogP contribution in [0.15, 0.2) is 67.3 Å². The van der Waals surface area contributed by atoms with E-state index in [9.17, 15) is 13.2 Å². The maximum Gasteiger partial charge on any atom is 0.261 e. The van der Waals surface area contributed by atoms with E-state index in [1.54, 1.807) is 35.8 Å². The van der Waals surface area contributed by atoms with E-state index in [4.69, 9.17) is 0 Å². The molecule has 1 aromatic carbocycles. The van der Waals surface area contributed by atoms with E-state index < -0.39 is 5.92 Å². The Morgan fingerprint density at radius 1 is 1.00 bits per heavy atom. The van der Waals surface area contributed by atoms with E-state index in [0.717, 1.165) is 27.6 Å². The topological polar surface area (TPSA) is 99.3 Å². The molecule has 6 aromatic rings. The molecule has 11 heteroatoms. The van der Waals surface area contributed by atoms with Gasteiger partial charge in [0.25, 0.3) is 5.92 Å². The Morgan fingerprint density at radius 3 is 2.77 bits per heavy atom. The number of imidazole rings is 1. The van der Waals surface area contributed by atoms with Gasteiger partial charge in [-0.2, -0.15) is 5.10 Å². The van der Waals surface area contributed by atoms with Crippen molar-refractivity contribution in [3.8, 4) is 33.9 Å². The summed E-state index contributed by atoms with van der Waals surface area (Å²) < 4.78 is 41.1. The molecule has 1 aliphatic heterocycles. The fourth-order valence-electron chi connectivity index (χ4n) is 5.09. The number of H-pyrrole nitrogens is 2. The molecule has 7 rings (SSSR count). The highest BCUT2D eigenvalue weighted by Crippen LogP contribution is 2.32. The van der Waals surface area contributed by atoms with E-state index in [2.05, 4.69) is 35.1 Å². The van der Waals surface area contributed by atoms with Crippen molar-refractivity contribution in [3.05, 3.63) is 78.6 Å². The standard InChI is InChI=1S/C28H21F3N8/c29-19-3-1-2-17(9-19)20-4-6-33-26-24(20)35-27(36-26)25-21-10-22(34-13-23(21)37-38-25)18-8-16(11-32-12-18)14-39-7-5-28(30,31)15-39/h1-4,6,8-13H,5,7,14-15H2,(H,37,38)(H,33,35,36). The molecule has 2 N–H and O–H groups in total. The number of aromatic nitrogens is 7. The molecular weight excluding hydrogens is 505 g/mol. The number of alkyl halides is 2. The van der Waals surface area contributed by atoms with Gasteiger partial charge in [0.15, 0.2) is 11.5 Å². The van der Waals surface area contributed by atoms with Crippen molar-refractivity contribution in [1.29, 1.82) is 0 Å². The van der Waals surface area contributed by atoms with Crippen LogP contribution in [0, 0.1) is 5.82 Å². The summed E-state index contributed by atoms with van der Waals surface area (Å²) in [6, 6.07) is 12.0. The zero-order valence-corrected chi connectivity index (χ0v) is 20.5. The van der Waals surface area contributed by atoms with Crippen molar-refractivity contribution in [2.45, 2.75) is 18.9 Å². The van der Waals surface area contributed by atoms with Crippen LogP contribution in [0.2, 0.25) is 0 Å². The molecule has 39 heavy (non-hydrogen) atoms. The smallest absolute Gasteiger partial charge is 0.261 e. The molecule has 1 fully saturated rings. The molecule has 0 unspecified atom stereocenters. The number of rotatable bonds is 5. The van der Waals surface area contributed by atoms with Gasteiger partial charge in [-0.25, -0.2) is 23.1 Å². The Kier molecular flexibility index (Phi) is 5.41. The van der Waals surface area contributed by atoms with Crippen LogP contribution >= 0.6 is 0 Å². The molecule has 0 spiro atoms. The minimum Gasteiger partial charge on any atom is -0.335 e. The first-order valence-electron chi connectivity index (χ1n) is 12.4. The lowest BCUT2D eigenvalue weighted by Crippen LogP contribution is -2.24. The van der Waals surface area contributed by atoms with Crippen LogP contribution in [-0.4, -0.2) is 59.0 Å². The molecule has 8 nitrogen and oxygen atoms in total. The third-order valence-electron chi connectivity index (χ3n) is 6.94. The predicted molar refractivity (Wildman–Crippen MR) is 140 cm³/mol. The Balaban J connectivity index is 1.25. The highest BCUT2D eigenvalue weighted by atomic mass is 19.3. The average Bonchev–Trinajstić information content (AvgIpc) is 3.64. The molecule has 1 aliphatic rings. The summed E-state index contributed by atoms with van der Waals surface area (Å²) in [4.78, 5) is 23.0. The lowest BCUT2D eigenvalue weighted by atomic mass is 10.1. The van der Waals surface area contributed by atoms with Crippen LogP contribution in [-0.2, 0) is 6.54 Å². The zero-order valence-electron chi connectivity index (χ0n) is 20.5. The molecule has 0 atom stereocenters. The van der Waals surface area contributed by atoms with Crippen LogP contribution < -0.4 is 0 Å². The van der Waals surface area contributed by atoms with Crippen LogP contribution in [0.5, 0.6) is 0 Å². The van der Waals surface area contributed by atoms with Gasteiger partial charge in [0.2, 0.25) is 0 Å². The number of nitrogens with zero attached hydrogens (tertiary/aromatic N) is 6. The number of likely N-dealkylation sites (tertiary alicyclic amines) is 1. The third-order valence-corrected chi connectivity index (χ3v) is 6.94. The third kappa shape index (κ3) is 4.40. The second-order valence-corrected chi connectivity index (χ2v) is 9.74. The van der Waals surface area contributed by atoms with Gasteiger partial charge in [-0.05, 0) is 41.5 Å². The number of benzene rings is 1. The second kappa shape index (κ2) is 8.98. The first-order valence-corrected chi connectivity index (χ1v) is 12.4. The van der Waals surface area contributed by atoms with Crippen LogP contribution in [0.4, 0.5) is 13.2 Å². The Labute approximate surface area is 220 Å². The molecule has 1 saturated heterocycles. The largest absolute Gasteiger partial charge is 0.335 e. The predicted octanol–water partition coefficient (Wildman–Crippen LogP) is 5.61. The number of pyridine rings is 3. The lowest BCUT2D eigenvalue weighted by molar-refractivity contribution is 0.0115. The van der Waals surface area contributed by atoms with Gasteiger partial charge in [0, 0.05) is 54.6 Å². The van der Waals surface area contributed by atoms with Gasteiger partial charge in [-0.3, -0.25) is 20.0 Å². The molecular formula is C28H21F3N8.